The molecular formula is C28H46N4O3. The summed E-state index contributed by atoms with van der Waals surface area (Å²) in [7, 11) is 3.75. The van der Waals surface area contributed by atoms with E-state index < -0.39 is 0 Å². The van der Waals surface area contributed by atoms with Gasteiger partial charge in [-0.2, -0.15) is 0 Å². The molecule has 3 heterocycles. The third-order valence-corrected chi connectivity index (χ3v) is 8.79. The number of hydrogen-bond donors (Lipinski definition) is 1. The predicted molar refractivity (Wildman–Crippen MR) is 138 cm³/mol. The lowest BCUT2D eigenvalue weighted by Crippen LogP contribution is -2.58. The molecule has 1 N–H and O–H groups in total. The molecule has 2 amide bonds. The second-order valence-corrected chi connectivity index (χ2v) is 11.6. The maximum absolute atomic E-state index is 13.4. The largest absolute Gasteiger partial charge is 0.459 e. The van der Waals surface area contributed by atoms with Crippen LogP contribution < -0.4 is 5.32 Å². The van der Waals surface area contributed by atoms with Crippen molar-refractivity contribution in [2.24, 2.45) is 11.3 Å². The average molecular weight is 487 g/mol. The van der Waals surface area contributed by atoms with Gasteiger partial charge in [0.1, 0.15) is 0 Å². The number of furan rings is 1. The lowest BCUT2D eigenvalue weighted by Gasteiger charge is -2.45. The number of hydrogen-bond acceptors (Lipinski definition) is 5. The molecule has 1 saturated carbocycles. The number of amides is 2. The molecule has 0 spiro atoms. The molecule has 1 aliphatic carbocycles. The van der Waals surface area contributed by atoms with Crippen LogP contribution >= 0.6 is 0 Å². The van der Waals surface area contributed by atoms with E-state index in [1.54, 1.807) is 23.3 Å². The molecule has 196 valence electrons. The van der Waals surface area contributed by atoms with E-state index in [1.165, 1.54) is 32.1 Å². The Labute approximate surface area is 211 Å². The van der Waals surface area contributed by atoms with Crippen LogP contribution in [0, 0.1) is 11.3 Å². The van der Waals surface area contributed by atoms with E-state index in [0.717, 1.165) is 58.3 Å². The third kappa shape index (κ3) is 6.67. The standard InChI is InChI=1S/C28H46N4O3/c1-22-9-10-25(29-21-22)32(27(34)24-8-7-19-35-24)23-11-16-31(17-12-23)18-15-28(13-5-4-6-14-28)20-26(33)30(2)3/h7-8,19,22-23,25,29H,4-6,9-18,20-21H2,1-3H3. The van der Waals surface area contributed by atoms with Gasteiger partial charge in [0.25, 0.3) is 5.91 Å². The zero-order valence-corrected chi connectivity index (χ0v) is 22.1. The smallest absolute Gasteiger partial charge is 0.291 e. The quantitative estimate of drug-likeness (QED) is 0.592. The van der Waals surface area contributed by atoms with Crippen molar-refractivity contribution in [3.8, 4) is 0 Å². The van der Waals surface area contributed by atoms with Gasteiger partial charge in [-0.15, -0.1) is 0 Å². The van der Waals surface area contributed by atoms with Gasteiger partial charge in [-0.3, -0.25) is 14.9 Å². The number of piperidine rings is 2. The van der Waals surface area contributed by atoms with E-state index in [2.05, 4.69) is 22.0 Å². The fourth-order valence-corrected chi connectivity index (χ4v) is 6.42. The van der Waals surface area contributed by atoms with E-state index >= 15 is 0 Å². The lowest BCUT2D eigenvalue weighted by molar-refractivity contribution is -0.132. The Balaban J connectivity index is 1.35. The molecule has 3 aliphatic rings. The van der Waals surface area contributed by atoms with Crippen molar-refractivity contribution in [2.45, 2.75) is 89.8 Å². The monoisotopic (exact) mass is 486 g/mol. The van der Waals surface area contributed by atoms with Crippen LogP contribution in [0.1, 0.15) is 88.1 Å². The van der Waals surface area contributed by atoms with Crippen molar-refractivity contribution in [2.75, 3.05) is 40.3 Å². The molecule has 2 aliphatic heterocycles. The summed E-state index contributed by atoms with van der Waals surface area (Å²) in [4.78, 5) is 32.4. The highest BCUT2D eigenvalue weighted by molar-refractivity contribution is 5.92. The van der Waals surface area contributed by atoms with Crippen LogP contribution in [0.25, 0.3) is 0 Å². The molecule has 1 aromatic heterocycles. The van der Waals surface area contributed by atoms with Crippen LogP contribution in [-0.4, -0.2) is 79.0 Å². The minimum atomic E-state index is 0.0175. The maximum atomic E-state index is 13.4. The molecule has 3 fully saturated rings. The summed E-state index contributed by atoms with van der Waals surface area (Å²) in [5.41, 5.74) is 0.167. The van der Waals surface area contributed by atoms with Crippen LogP contribution in [0.3, 0.4) is 0 Å². The number of nitrogens with zero attached hydrogens (tertiary/aromatic N) is 3. The van der Waals surface area contributed by atoms with E-state index in [-0.39, 0.29) is 29.4 Å². The van der Waals surface area contributed by atoms with Gasteiger partial charge in [0.15, 0.2) is 5.76 Å². The molecule has 0 radical (unpaired) electrons. The Kier molecular flexibility index (Phi) is 8.92. The van der Waals surface area contributed by atoms with Gasteiger partial charge in [0, 0.05) is 39.6 Å². The molecule has 7 nitrogen and oxygen atoms in total. The highest BCUT2D eigenvalue weighted by Gasteiger charge is 2.38. The second-order valence-electron chi connectivity index (χ2n) is 11.6. The van der Waals surface area contributed by atoms with Gasteiger partial charge >= 0.3 is 0 Å². The lowest BCUT2D eigenvalue weighted by atomic mass is 9.69. The van der Waals surface area contributed by atoms with Crippen molar-refractivity contribution < 1.29 is 14.0 Å². The Hall–Kier alpha value is -1.86. The SMILES string of the molecule is CC1CCC(N(C(=O)c2ccco2)C2CCN(CCC3(CC(=O)N(C)C)CCCCC3)CC2)NC1. The van der Waals surface area contributed by atoms with Gasteiger partial charge < -0.3 is 19.1 Å². The van der Waals surface area contributed by atoms with Crippen LogP contribution in [0.15, 0.2) is 22.8 Å². The Morgan fingerprint density at radius 1 is 1.11 bits per heavy atom. The molecule has 2 saturated heterocycles. The van der Waals surface area contributed by atoms with Gasteiger partial charge in [0.05, 0.1) is 12.4 Å². The molecule has 35 heavy (non-hydrogen) atoms. The molecule has 2 unspecified atom stereocenters. The topological polar surface area (TPSA) is 69.0 Å². The molecule has 0 aromatic carbocycles. The van der Waals surface area contributed by atoms with Crippen molar-refractivity contribution >= 4 is 11.8 Å². The summed E-state index contributed by atoms with van der Waals surface area (Å²) in [6.45, 7) is 6.30. The first kappa shape index (κ1) is 26.2. The first-order chi connectivity index (χ1) is 16.9. The number of carbonyl (C=O) groups excluding carboxylic acids is 2. The van der Waals surface area contributed by atoms with Crippen molar-refractivity contribution in [1.82, 2.24) is 20.0 Å². The van der Waals surface area contributed by atoms with Crippen molar-refractivity contribution in [1.29, 1.82) is 0 Å². The van der Waals surface area contributed by atoms with E-state index in [0.29, 0.717) is 18.1 Å². The molecule has 4 rings (SSSR count). The summed E-state index contributed by atoms with van der Waals surface area (Å²) in [6.07, 6.45) is 13.8. The molecule has 2 atom stereocenters. The molecule has 0 bridgehead atoms. The Bertz CT molecular complexity index is 802. The van der Waals surface area contributed by atoms with E-state index in [9.17, 15) is 9.59 Å². The van der Waals surface area contributed by atoms with Gasteiger partial charge in [-0.25, -0.2) is 0 Å². The zero-order valence-electron chi connectivity index (χ0n) is 22.1. The fourth-order valence-electron chi connectivity index (χ4n) is 6.42. The molecule has 7 heteroatoms. The minimum Gasteiger partial charge on any atom is -0.459 e. The van der Waals surface area contributed by atoms with Gasteiger partial charge in [0.2, 0.25) is 5.91 Å². The normalized spacial score (nSPS) is 25.8. The summed E-state index contributed by atoms with van der Waals surface area (Å²) in [5.74, 6) is 1.38. The fraction of sp³-hybridized carbons (Fsp3) is 0.786. The first-order valence-corrected chi connectivity index (χ1v) is 13.9. The van der Waals surface area contributed by atoms with Crippen LogP contribution in [-0.2, 0) is 4.79 Å². The van der Waals surface area contributed by atoms with Gasteiger partial charge in [-0.05, 0) is 81.5 Å². The highest BCUT2D eigenvalue weighted by atomic mass is 16.3. The van der Waals surface area contributed by atoms with Crippen LogP contribution in [0.2, 0.25) is 0 Å². The molecular weight excluding hydrogens is 440 g/mol. The number of carbonyl (C=O) groups is 2. The number of nitrogens with one attached hydrogen (secondary N) is 1. The summed E-state index contributed by atoms with van der Waals surface area (Å²) < 4.78 is 5.51. The minimum absolute atomic E-state index is 0.0175. The predicted octanol–water partition coefficient (Wildman–Crippen LogP) is 4.35. The highest BCUT2D eigenvalue weighted by Crippen LogP contribution is 2.43. The number of rotatable bonds is 8. The van der Waals surface area contributed by atoms with Crippen molar-refractivity contribution in [3.63, 3.8) is 0 Å². The summed E-state index contributed by atoms with van der Waals surface area (Å²) in [6, 6.07) is 3.81. The zero-order chi connectivity index (χ0) is 24.8. The first-order valence-electron chi connectivity index (χ1n) is 13.9. The molecule has 1 aromatic rings. The van der Waals surface area contributed by atoms with Crippen molar-refractivity contribution in [3.05, 3.63) is 24.2 Å². The Morgan fingerprint density at radius 2 is 1.86 bits per heavy atom. The second kappa shape index (κ2) is 11.9. The van der Waals surface area contributed by atoms with E-state index in [1.807, 2.05) is 14.1 Å². The van der Waals surface area contributed by atoms with Crippen LogP contribution in [0.4, 0.5) is 0 Å². The Morgan fingerprint density at radius 3 is 2.46 bits per heavy atom. The summed E-state index contributed by atoms with van der Waals surface area (Å²) >= 11 is 0. The number of likely N-dealkylation sites (tertiary alicyclic amines) is 1. The summed E-state index contributed by atoms with van der Waals surface area (Å²) in [5, 5.41) is 3.63. The third-order valence-electron chi connectivity index (χ3n) is 8.79. The maximum Gasteiger partial charge on any atom is 0.291 e. The van der Waals surface area contributed by atoms with Gasteiger partial charge in [-0.1, -0.05) is 26.2 Å². The average Bonchev–Trinajstić information content (AvgIpc) is 3.41. The van der Waals surface area contributed by atoms with E-state index in [4.69, 9.17) is 4.42 Å². The van der Waals surface area contributed by atoms with Crippen LogP contribution in [0.5, 0.6) is 0 Å².